The third kappa shape index (κ3) is 3.08. The zero-order chi connectivity index (χ0) is 17.1. The van der Waals surface area contributed by atoms with Gasteiger partial charge in [-0.1, -0.05) is 18.2 Å². The summed E-state index contributed by atoms with van der Waals surface area (Å²) in [5.74, 6) is -0.361. The van der Waals surface area contributed by atoms with Crippen LogP contribution in [0.2, 0.25) is 0 Å². The Hall–Kier alpha value is -2.69. The SMILES string of the molecule is COc1c(C)c(O)c(C)c(O)c1C(=O)CCc1ccccc1O. The average molecular weight is 316 g/mol. The van der Waals surface area contributed by atoms with Crippen LogP contribution in [-0.2, 0) is 6.42 Å². The zero-order valence-electron chi connectivity index (χ0n) is 13.4. The van der Waals surface area contributed by atoms with E-state index >= 15 is 0 Å². The minimum absolute atomic E-state index is 0.0655. The maximum atomic E-state index is 12.5. The molecule has 0 aromatic heterocycles. The summed E-state index contributed by atoms with van der Waals surface area (Å²) >= 11 is 0. The van der Waals surface area contributed by atoms with Crippen LogP contribution in [0.4, 0.5) is 0 Å². The van der Waals surface area contributed by atoms with Crippen LogP contribution in [-0.4, -0.2) is 28.2 Å². The molecule has 0 aliphatic rings. The Kier molecular flexibility index (Phi) is 4.79. The Morgan fingerprint density at radius 3 is 2.30 bits per heavy atom. The molecule has 0 aliphatic carbocycles. The minimum atomic E-state index is -0.311. The molecule has 2 aromatic carbocycles. The second-order valence-corrected chi connectivity index (χ2v) is 5.41. The van der Waals surface area contributed by atoms with Gasteiger partial charge in [-0.2, -0.15) is 0 Å². The van der Waals surface area contributed by atoms with Gasteiger partial charge in [0.1, 0.15) is 28.6 Å². The molecule has 0 amide bonds. The lowest BCUT2D eigenvalue weighted by Crippen LogP contribution is -2.07. The van der Waals surface area contributed by atoms with E-state index in [9.17, 15) is 20.1 Å². The van der Waals surface area contributed by atoms with Crippen LogP contribution in [0.3, 0.4) is 0 Å². The molecule has 5 heteroatoms. The summed E-state index contributed by atoms with van der Waals surface area (Å²) in [5.41, 5.74) is 1.38. The smallest absolute Gasteiger partial charge is 0.170 e. The highest BCUT2D eigenvalue weighted by Gasteiger charge is 2.24. The van der Waals surface area contributed by atoms with Gasteiger partial charge in [0.15, 0.2) is 5.78 Å². The summed E-state index contributed by atoms with van der Waals surface area (Å²) in [4.78, 5) is 12.5. The number of rotatable bonds is 5. The van der Waals surface area contributed by atoms with Crippen molar-refractivity contribution in [3.8, 4) is 23.0 Å². The van der Waals surface area contributed by atoms with Gasteiger partial charge >= 0.3 is 0 Å². The fourth-order valence-electron chi connectivity index (χ4n) is 2.59. The van der Waals surface area contributed by atoms with Crippen molar-refractivity contribution in [2.75, 3.05) is 7.11 Å². The van der Waals surface area contributed by atoms with E-state index in [0.29, 0.717) is 17.5 Å². The van der Waals surface area contributed by atoms with Gasteiger partial charge in [0.2, 0.25) is 0 Å². The van der Waals surface area contributed by atoms with E-state index in [2.05, 4.69) is 0 Å². The predicted octanol–water partition coefficient (Wildman–Crippen LogP) is 3.24. The van der Waals surface area contributed by atoms with Gasteiger partial charge in [-0.25, -0.2) is 0 Å². The second kappa shape index (κ2) is 6.60. The number of aromatic hydroxyl groups is 3. The first-order valence-corrected chi connectivity index (χ1v) is 7.27. The second-order valence-electron chi connectivity index (χ2n) is 5.41. The number of methoxy groups -OCH3 is 1. The number of hydrogen-bond acceptors (Lipinski definition) is 5. The molecule has 2 rings (SSSR count). The van der Waals surface area contributed by atoms with Crippen LogP contribution in [0.25, 0.3) is 0 Å². The van der Waals surface area contributed by atoms with E-state index in [4.69, 9.17) is 4.74 Å². The molecular formula is C18H20O5. The number of ketones is 1. The van der Waals surface area contributed by atoms with E-state index < -0.39 is 0 Å². The van der Waals surface area contributed by atoms with Crippen molar-refractivity contribution in [2.45, 2.75) is 26.7 Å². The molecule has 0 spiro atoms. The number of hydrogen-bond donors (Lipinski definition) is 3. The summed E-state index contributed by atoms with van der Waals surface area (Å²) in [5, 5.41) is 29.9. The van der Waals surface area contributed by atoms with Crippen LogP contribution in [0.15, 0.2) is 24.3 Å². The molecule has 0 heterocycles. The van der Waals surface area contributed by atoms with Gasteiger partial charge in [-0.05, 0) is 31.9 Å². The number of phenols is 3. The normalized spacial score (nSPS) is 10.6. The Balaban J connectivity index is 2.34. The number of carbonyl (C=O) groups is 1. The van der Waals surface area contributed by atoms with Gasteiger partial charge in [0.05, 0.1) is 7.11 Å². The number of Topliss-reactive ketones (excluding diaryl/α,β-unsaturated/α-hetero) is 1. The van der Waals surface area contributed by atoms with Crippen molar-refractivity contribution < 1.29 is 24.9 Å². The first-order chi connectivity index (χ1) is 10.9. The summed E-state index contributed by atoms with van der Waals surface area (Å²) in [6.45, 7) is 3.16. The van der Waals surface area contributed by atoms with Gasteiger partial charge in [0.25, 0.3) is 0 Å². The van der Waals surface area contributed by atoms with Crippen LogP contribution in [0.1, 0.15) is 33.5 Å². The molecule has 122 valence electrons. The lowest BCUT2D eigenvalue weighted by Gasteiger charge is -2.16. The third-order valence-electron chi connectivity index (χ3n) is 3.97. The van der Waals surface area contributed by atoms with Gasteiger partial charge < -0.3 is 20.1 Å². The number of aryl methyl sites for hydroxylation is 1. The molecule has 0 bridgehead atoms. The van der Waals surface area contributed by atoms with E-state index in [1.807, 2.05) is 0 Å². The standard InChI is InChI=1S/C18H20O5/c1-10-16(21)11(2)18(23-3)15(17(10)22)14(20)9-8-12-6-4-5-7-13(12)19/h4-7,19,21-22H,8-9H2,1-3H3. The molecule has 0 unspecified atom stereocenters. The first-order valence-electron chi connectivity index (χ1n) is 7.27. The number of carbonyl (C=O) groups excluding carboxylic acids is 1. The molecule has 0 saturated heterocycles. The third-order valence-corrected chi connectivity index (χ3v) is 3.97. The lowest BCUT2D eigenvalue weighted by atomic mass is 9.95. The molecule has 0 aliphatic heterocycles. The Morgan fingerprint density at radius 1 is 1.04 bits per heavy atom. The number of ether oxygens (including phenoxy) is 1. The summed E-state index contributed by atoms with van der Waals surface area (Å²) in [7, 11) is 1.39. The molecular weight excluding hydrogens is 296 g/mol. The van der Waals surface area contributed by atoms with Crippen molar-refractivity contribution >= 4 is 5.78 Å². The predicted molar refractivity (Wildman–Crippen MR) is 86.6 cm³/mol. The zero-order valence-corrected chi connectivity index (χ0v) is 13.4. The van der Waals surface area contributed by atoms with Crippen molar-refractivity contribution in [1.29, 1.82) is 0 Å². The highest BCUT2D eigenvalue weighted by molar-refractivity contribution is 6.02. The van der Waals surface area contributed by atoms with Gasteiger partial charge in [0, 0.05) is 17.5 Å². The van der Waals surface area contributed by atoms with E-state index in [0.717, 1.165) is 0 Å². The lowest BCUT2D eigenvalue weighted by molar-refractivity contribution is 0.0976. The number of phenolic OH excluding ortho intramolecular Hbond substituents is 3. The fourth-order valence-corrected chi connectivity index (χ4v) is 2.59. The van der Waals surface area contributed by atoms with Gasteiger partial charge in [-0.15, -0.1) is 0 Å². The summed E-state index contributed by atoms with van der Waals surface area (Å²) < 4.78 is 5.20. The average Bonchev–Trinajstić information content (AvgIpc) is 2.55. The molecule has 2 aromatic rings. The first kappa shape index (κ1) is 16.7. The maximum Gasteiger partial charge on any atom is 0.170 e. The van der Waals surface area contributed by atoms with Crippen LogP contribution in [0, 0.1) is 13.8 Å². The Bertz CT molecular complexity index is 750. The van der Waals surface area contributed by atoms with Crippen molar-refractivity contribution in [1.82, 2.24) is 0 Å². The highest BCUT2D eigenvalue weighted by Crippen LogP contribution is 2.42. The van der Waals surface area contributed by atoms with E-state index in [1.165, 1.54) is 14.0 Å². The van der Waals surface area contributed by atoms with Gasteiger partial charge in [-0.3, -0.25) is 4.79 Å². The number of benzene rings is 2. The Labute approximate surface area is 134 Å². The summed E-state index contributed by atoms with van der Waals surface area (Å²) in [6.07, 6.45) is 0.443. The van der Waals surface area contributed by atoms with Crippen LogP contribution in [0.5, 0.6) is 23.0 Å². The topological polar surface area (TPSA) is 87.0 Å². The quantitative estimate of drug-likeness (QED) is 0.737. The molecule has 0 saturated carbocycles. The van der Waals surface area contributed by atoms with Crippen molar-refractivity contribution in [3.05, 3.63) is 46.5 Å². The molecule has 0 atom stereocenters. The fraction of sp³-hybridized carbons (Fsp3) is 0.278. The highest BCUT2D eigenvalue weighted by atomic mass is 16.5. The molecule has 3 N–H and O–H groups in total. The van der Waals surface area contributed by atoms with Crippen molar-refractivity contribution in [2.24, 2.45) is 0 Å². The van der Waals surface area contributed by atoms with E-state index in [-0.39, 0.29) is 46.3 Å². The summed E-state index contributed by atoms with van der Waals surface area (Å²) in [6, 6.07) is 6.80. The van der Waals surface area contributed by atoms with Crippen molar-refractivity contribution in [3.63, 3.8) is 0 Å². The van der Waals surface area contributed by atoms with Crippen LogP contribution < -0.4 is 4.74 Å². The Morgan fingerprint density at radius 2 is 1.70 bits per heavy atom. The maximum absolute atomic E-state index is 12.5. The van der Waals surface area contributed by atoms with E-state index in [1.54, 1.807) is 31.2 Å². The largest absolute Gasteiger partial charge is 0.508 e. The molecule has 23 heavy (non-hydrogen) atoms. The molecule has 0 radical (unpaired) electrons. The monoisotopic (exact) mass is 316 g/mol. The molecule has 5 nitrogen and oxygen atoms in total. The number of para-hydroxylation sites is 1. The molecule has 0 fully saturated rings. The minimum Gasteiger partial charge on any atom is -0.508 e. The van der Waals surface area contributed by atoms with Crippen LogP contribution >= 0.6 is 0 Å².